The first kappa shape index (κ1) is 10.8. The monoisotopic (exact) mass is 195 g/mol. The van der Waals surface area contributed by atoms with E-state index < -0.39 is 0 Å². The number of pyridine rings is 1. The number of nitrogens with zero attached hydrogens (tertiary/aromatic N) is 1. The molecule has 0 aliphatic carbocycles. The van der Waals surface area contributed by atoms with Crippen molar-refractivity contribution in [3.63, 3.8) is 0 Å². The third-order valence-electron chi connectivity index (χ3n) is 1.71. The molecule has 0 atom stereocenters. The van der Waals surface area contributed by atoms with Gasteiger partial charge in [0.15, 0.2) is 0 Å². The highest BCUT2D eigenvalue weighted by Gasteiger charge is 1.93. The van der Waals surface area contributed by atoms with E-state index in [1.54, 1.807) is 18.3 Å². The molecular weight excluding hydrogens is 178 g/mol. The minimum absolute atomic E-state index is 0.623. The van der Waals surface area contributed by atoms with Crippen LogP contribution in [0, 0.1) is 0 Å². The molecule has 0 aromatic carbocycles. The summed E-state index contributed by atoms with van der Waals surface area (Å²) in [5, 5.41) is 3.24. The second kappa shape index (κ2) is 6.21. The van der Waals surface area contributed by atoms with Gasteiger partial charge >= 0.3 is 0 Å². The molecule has 1 rings (SSSR count). The lowest BCUT2D eigenvalue weighted by molar-refractivity contribution is 0.303. The lowest BCUT2D eigenvalue weighted by atomic mass is 10.4. The van der Waals surface area contributed by atoms with Gasteiger partial charge < -0.3 is 15.8 Å². The third-order valence-corrected chi connectivity index (χ3v) is 1.71. The second-order valence-corrected chi connectivity index (χ2v) is 3.03. The molecular formula is C10H17N3O. The molecule has 4 nitrogen and oxygen atoms in total. The fourth-order valence-electron chi connectivity index (χ4n) is 1.01. The minimum Gasteiger partial charge on any atom is -0.476 e. The first-order valence-electron chi connectivity index (χ1n) is 4.88. The van der Waals surface area contributed by atoms with Crippen molar-refractivity contribution in [1.82, 2.24) is 10.3 Å². The molecule has 14 heavy (non-hydrogen) atoms. The van der Waals surface area contributed by atoms with Gasteiger partial charge in [0.2, 0.25) is 5.88 Å². The Balaban J connectivity index is 2.15. The van der Waals surface area contributed by atoms with E-state index in [-0.39, 0.29) is 0 Å². The van der Waals surface area contributed by atoms with Crippen LogP contribution >= 0.6 is 0 Å². The fraction of sp³-hybridized carbons (Fsp3) is 0.500. The molecule has 1 aromatic rings. The Morgan fingerprint density at radius 2 is 2.29 bits per heavy atom. The molecule has 3 N–H and O–H groups in total. The summed E-state index contributed by atoms with van der Waals surface area (Å²) in [6.07, 6.45) is 2.73. The molecule has 0 saturated carbocycles. The van der Waals surface area contributed by atoms with Gasteiger partial charge in [-0.3, -0.25) is 0 Å². The summed E-state index contributed by atoms with van der Waals surface area (Å²) in [5.41, 5.74) is 6.14. The summed E-state index contributed by atoms with van der Waals surface area (Å²) in [6.45, 7) is 4.64. The summed E-state index contributed by atoms with van der Waals surface area (Å²) >= 11 is 0. The van der Waals surface area contributed by atoms with Crippen LogP contribution in [0.5, 0.6) is 5.88 Å². The number of rotatable bonds is 6. The average Bonchev–Trinajstić information content (AvgIpc) is 2.21. The zero-order valence-corrected chi connectivity index (χ0v) is 8.49. The molecule has 0 radical (unpaired) electrons. The van der Waals surface area contributed by atoms with Crippen LogP contribution in [0.4, 0.5) is 5.69 Å². The highest BCUT2D eigenvalue weighted by Crippen LogP contribution is 2.07. The Labute approximate surface area is 84.5 Å². The molecule has 0 spiro atoms. The summed E-state index contributed by atoms with van der Waals surface area (Å²) in [4.78, 5) is 4.02. The number of nitrogens with one attached hydrogen (secondary N) is 1. The molecule has 0 aliphatic rings. The minimum atomic E-state index is 0.623. The zero-order chi connectivity index (χ0) is 10.2. The number of nitrogens with two attached hydrogens (primary N) is 1. The summed E-state index contributed by atoms with van der Waals surface area (Å²) in [5.74, 6) is 0.623. The van der Waals surface area contributed by atoms with Crippen LogP contribution in [0.25, 0.3) is 0 Å². The smallest absolute Gasteiger partial charge is 0.213 e. The normalized spacial score (nSPS) is 10.1. The molecule has 4 heteroatoms. The van der Waals surface area contributed by atoms with Crippen LogP contribution in [0.15, 0.2) is 18.3 Å². The molecule has 78 valence electrons. The van der Waals surface area contributed by atoms with Crippen LogP contribution in [0.3, 0.4) is 0 Å². The van der Waals surface area contributed by atoms with Gasteiger partial charge in [0.25, 0.3) is 0 Å². The number of aromatic nitrogens is 1. The molecule has 1 aromatic heterocycles. The van der Waals surface area contributed by atoms with E-state index in [0.29, 0.717) is 18.2 Å². The Morgan fingerprint density at radius 3 is 2.93 bits per heavy atom. The molecule has 0 saturated heterocycles. The number of anilines is 1. The van der Waals surface area contributed by atoms with Crippen LogP contribution < -0.4 is 15.8 Å². The van der Waals surface area contributed by atoms with Crippen molar-refractivity contribution < 1.29 is 4.74 Å². The first-order chi connectivity index (χ1) is 6.83. The number of hydrogen-bond acceptors (Lipinski definition) is 4. The van der Waals surface area contributed by atoms with Crippen molar-refractivity contribution in [2.75, 3.05) is 25.4 Å². The Kier molecular flexibility index (Phi) is 4.78. The van der Waals surface area contributed by atoms with Gasteiger partial charge in [-0.25, -0.2) is 4.98 Å². The SMILES string of the molecule is CCCNCCOc1ccc(N)cn1. The van der Waals surface area contributed by atoms with E-state index in [0.717, 1.165) is 19.5 Å². The van der Waals surface area contributed by atoms with Crippen molar-refractivity contribution in [3.8, 4) is 5.88 Å². The van der Waals surface area contributed by atoms with Crippen LogP contribution in [0.1, 0.15) is 13.3 Å². The van der Waals surface area contributed by atoms with E-state index >= 15 is 0 Å². The molecule has 0 amide bonds. The van der Waals surface area contributed by atoms with E-state index in [4.69, 9.17) is 10.5 Å². The molecule has 0 aliphatic heterocycles. The van der Waals surface area contributed by atoms with Crippen LogP contribution in [0.2, 0.25) is 0 Å². The van der Waals surface area contributed by atoms with E-state index in [2.05, 4.69) is 17.2 Å². The molecule has 0 fully saturated rings. The standard InChI is InChI=1S/C10H17N3O/c1-2-5-12-6-7-14-10-4-3-9(11)8-13-10/h3-4,8,12H,2,5-7,11H2,1H3. The zero-order valence-electron chi connectivity index (χ0n) is 8.49. The summed E-state index contributed by atoms with van der Waals surface area (Å²) in [7, 11) is 0. The quantitative estimate of drug-likeness (QED) is 0.666. The highest BCUT2D eigenvalue weighted by atomic mass is 16.5. The van der Waals surface area contributed by atoms with Gasteiger partial charge in [0.05, 0.1) is 11.9 Å². The van der Waals surface area contributed by atoms with E-state index in [1.165, 1.54) is 0 Å². The summed E-state index contributed by atoms with van der Waals surface area (Å²) < 4.78 is 5.38. The third kappa shape index (κ3) is 4.09. The number of ether oxygens (including phenoxy) is 1. The lowest BCUT2D eigenvalue weighted by Crippen LogP contribution is -2.21. The van der Waals surface area contributed by atoms with Gasteiger partial charge in [0.1, 0.15) is 6.61 Å². The van der Waals surface area contributed by atoms with Crippen molar-refractivity contribution in [2.45, 2.75) is 13.3 Å². The predicted molar refractivity (Wildman–Crippen MR) is 57.3 cm³/mol. The van der Waals surface area contributed by atoms with Gasteiger partial charge in [-0.1, -0.05) is 6.92 Å². The van der Waals surface area contributed by atoms with Crippen LogP contribution in [-0.2, 0) is 0 Å². The Morgan fingerprint density at radius 1 is 1.43 bits per heavy atom. The summed E-state index contributed by atoms with van der Waals surface area (Å²) in [6, 6.07) is 3.55. The van der Waals surface area contributed by atoms with Crippen LogP contribution in [-0.4, -0.2) is 24.7 Å². The number of nitrogen functional groups attached to an aromatic ring is 1. The van der Waals surface area contributed by atoms with Gasteiger partial charge in [0, 0.05) is 12.6 Å². The first-order valence-corrected chi connectivity index (χ1v) is 4.88. The Hall–Kier alpha value is -1.29. The largest absolute Gasteiger partial charge is 0.476 e. The highest BCUT2D eigenvalue weighted by molar-refractivity contribution is 5.35. The van der Waals surface area contributed by atoms with Crippen molar-refractivity contribution in [3.05, 3.63) is 18.3 Å². The maximum absolute atomic E-state index is 5.49. The number of hydrogen-bond donors (Lipinski definition) is 2. The average molecular weight is 195 g/mol. The topological polar surface area (TPSA) is 60.2 Å². The second-order valence-electron chi connectivity index (χ2n) is 3.03. The van der Waals surface area contributed by atoms with Crippen molar-refractivity contribution in [2.24, 2.45) is 0 Å². The van der Waals surface area contributed by atoms with Gasteiger partial charge in [-0.15, -0.1) is 0 Å². The van der Waals surface area contributed by atoms with Gasteiger partial charge in [-0.05, 0) is 19.0 Å². The maximum Gasteiger partial charge on any atom is 0.213 e. The maximum atomic E-state index is 5.49. The molecule has 0 unspecified atom stereocenters. The lowest BCUT2D eigenvalue weighted by Gasteiger charge is -2.05. The van der Waals surface area contributed by atoms with E-state index in [9.17, 15) is 0 Å². The Bertz CT molecular complexity index is 248. The van der Waals surface area contributed by atoms with Gasteiger partial charge in [-0.2, -0.15) is 0 Å². The van der Waals surface area contributed by atoms with Crippen molar-refractivity contribution in [1.29, 1.82) is 0 Å². The molecule has 1 heterocycles. The molecule has 0 bridgehead atoms. The predicted octanol–water partition coefficient (Wildman–Crippen LogP) is 1.04. The fourth-order valence-corrected chi connectivity index (χ4v) is 1.01. The van der Waals surface area contributed by atoms with E-state index in [1.807, 2.05) is 0 Å². The van der Waals surface area contributed by atoms with Crippen molar-refractivity contribution >= 4 is 5.69 Å².